The molecule has 116 valence electrons. The molecule has 0 atom stereocenters. The van der Waals surface area contributed by atoms with Gasteiger partial charge in [0.25, 0.3) is 0 Å². The summed E-state index contributed by atoms with van der Waals surface area (Å²) in [7, 11) is 1.76. The number of unbranched alkanes of at least 4 members (excludes halogenated alkanes) is 2. The number of carbonyl (C=O) groups excluding carboxylic acids is 1. The summed E-state index contributed by atoms with van der Waals surface area (Å²) in [5.74, 6) is -0.905. The second-order valence-electron chi connectivity index (χ2n) is 5.04. The van der Waals surface area contributed by atoms with Crippen molar-refractivity contribution in [2.24, 2.45) is 0 Å². The fourth-order valence-corrected chi connectivity index (χ4v) is 2.05. The van der Waals surface area contributed by atoms with Gasteiger partial charge >= 0.3 is 12.0 Å². The van der Waals surface area contributed by atoms with E-state index in [-0.39, 0.29) is 19.0 Å². The van der Waals surface area contributed by atoms with E-state index in [0.717, 1.165) is 24.9 Å². The van der Waals surface area contributed by atoms with Crippen LogP contribution in [0.2, 0.25) is 0 Å². The number of rotatable bonds is 8. The van der Waals surface area contributed by atoms with Gasteiger partial charge in [0.2, 0.25) is 0 Å². The van der Waals surface area contributed by atoms with Crippen LogP contribution in [0.5, 0.6) is 0 Å². The maximum absolute atomic E-state index is 12.5. The van der Waals surface area contributed by atoms with Gasteiger partial charge in [-0.15, -0.1) is 0 Å². The first-order chi connectivity index (χ1) is 10.1. The van der Waals surface area contributed by atoms with E-state index in [1.165, 1.54) is 4.90 Å². The van der Waals surface area contributed by atoms with Gasteiger partial charge in [0.15, 0.2) is 0 Å². The number of hydrogen-bond donors (Lipinski definition) is 1. The van der Waals surface area contributed by atoms with Gasteiger partial charge in [0.1, 0.15) is 0 Å². The minimum Gasteiger partial charge on any atom is -0.481 e. The number of nitrogens with zero attached hydrogens (tertiary/aromatic N) is 2. The van der Waals surface area contributed by atoms with Crippen molar-refractivity contribution in [3.05, 3.63) is 30.3 Å². The highest BCUT2D eigenvalue weighted by molar-refractivity contribution is 5.92. The zero-order valence-corrected chi connectivity index (χ0v) is 12.8. The number of benzene rings is 1. The van der Waals surface area contributed by atoms with Crippen LogP contribution < -0.4 is 4.90 Å². The van der Waals surface area contributed by atoms with Crippen LogP contribution >= 0.6 is 0 Å². The Bertz CT molecular complexity index is 448. The van der Waals surface area contributed by atoms with E-state index in [1.54, 1.807) is 11.9 Å². The van der Waals surface area contributed by atoms with Crippen molar-refractivity contribution in [1.29, 1.82) is 0 Å². The first-order valence-electron chi connectivity index (χ1n) is 7.35. The largest absolute Gasteiger partial charge is 0.481 e. The third-order valence-corrected chi connectivity index (χ3v) is 3.27. The Morgan fingerprint density at radius 2 is 1.76 bits per heavy atom. The predicted octanol–water partition coefficient (Wildman–Crippen LogP) is 3.21. The molecular formula is C16H24N2O3. The van der Waals surface area contributed by atoms with Crippen LogP contribution in [0, 0.1) is 0 Å². The second-order valence-corrected chi connectivity index (χ2v) is 5.04. The number of carboxylic acids is 1. The number of amides is 2. The van der Waals surface area contributed by atoms with Crippen LogP contribution in [0.15, 0.2) is 30.3 Å². The van der Waals surface area contributed by atoms with E-state index in [4.69, 9.17) is 5.11 Å². The zero-order chi connectivity index (χ0) is 15.7. The number of carboxylic acid groups (broad SMARTS) is 1. The van der Waals surface area contributed by atoms with E-state index in [9.17, 15) is 9.59 Å². The second kappa shape index (κ2) is 9.00. The van der Waals surface area contributed by atoms with E-state index in [2.05, 4.69) is 6.92 Å². The van der Waals surface area contributed by atoms with Gasteiger partial charge in [-0.25, -0.2) is 4.79 Å². The van der Waals surface area contributed by atoms with Gasteiger partial charge in [-0.05, 0) is 18.6 Å². The fraction of sp³-hybridized carbons (Fsp3) is 0.500. The molecule has 0 heterocycles. The molecule has 0 radical (unpaired) electrons. The van der Waals surface area contributed by atoms with Crippen molar-refractivity contribution in [3.8, 4) is 0 Å². The van der Waals surface area contributed by atoms with Crippen molar-refractivity contribution >= 4 is 17.7 Å². The molecule has 0 aliphatic rings. The quantitative estimate of drug-likeness (QED) is 0.748. The number of aliphatic carboxylic acids is 1. The number of para-hydroxylation sites is 1. The summed E-state index contributed by atoms with van der Waals surface area (Å²) in [5.41, 5.74) is 0.728. The highest BCUT2D eigenvalue weighted by Gasteiger charge is 2.20. The zero-order valence-electron chi connectivity index (χ0n) is 12.8. The summed E-state index contributed by atoms with van der Waals surface area (Å²) in [4.78, 5) is 26.5. The third kappa shape index (κ3) is 5.85. The highest BCUT2D eigenvalue weighted by atomic mass is 16.4. The summed E-state index contributed by atoms with van der Waals surface area (Å²) >= 11 is 0. The Labute approximate surface area is 126 Å². The maximum atomic E-state index is 12.5. The summed E-state index contributed by atoms with van der Waals surface area (Å²) < 4.78 is 0. The van der Waals surface area contributed by atoms with Crippen LogP contribution in [0.1, 0.15) is 32.6 Å². The summed E-state index contributed by atoms with van der Waals surface area (Å²) in [6.45, 7) is 2.98. The molecule has 1 aromatic carbocycles. The summed E-state index contributed by atoms with van der Waals surface area (Å²) in [6.07, 6.45) is 3.07. The molecule has 5 heteroatoms. The molecule has 0 saturated heterocycles. The highest BCUT2D eigenvalue weighted by Crippen LogP contribution is 2.16. The van der Waals surface area contributed by atoms with Crippen molar-refractivity contribution in [3.63, 3.8) is 0 Å². The molecule has 21 heavy (non-hydrogen) atoms. The molecule has 5 nitrogen and oxygen atoms in total. The van der Waals surface area contributed by atoms with Gasteiger partial charge in [-0.2, -0.15) is 0 Å². The number of carbonyl (C=O) groups is 2. The average Bonchev–Trinajstić information content (AvgIpc) is 2.48. The Kier molecular flexibility index (Phi) is 7.29. The summed E-state index contributed by atoms with van der Waals surface area (Å²) in [5, 5.41) is 8.85. The minimum absolute atomic E-state index is 0.0660. The van der Waals surface area contributed by atoms with Gasteiger partial charge in [-0.3, -0.25) is 9.69 Å². The smallest absolute Gasteiger partial charge is 0.324 e. The van der Waals surface area contributed by atoms with Crippen molar-refractivity contribution < 1.29 is 14.7 Å². The molecule has 1 rings (SSSR count). The molecule has 0 spiro atoms. The molecule has 0 aromatic heterocycles. The van der Waals surface area contributed by atoms with Gasteiger partial charge in [-0.1, -0.05) is 38.0 Å². The van der Waals surface area contributed by atoms with Crippen LogP contribution in [0.4, 0.5) is 10.5 Å². The third-order valence-electron chi connectivity index (χ3n) is 3.27. The lowest BCUT2D eigenvalue weighted by molar-refractivity contribution is -0.136. The van der Waals surface area contributed by atoms with E-state index < -0.39 is 5.97 Å². The molecule has 1 N–H and O–H groups in total. The van der Waals surface area contributed by atoms with Gasteiger partial charge in [0.05, 0.1) is 6.42 Å². The van der Waals surface area contributed by atoms with Crippen molar-refractivity contribution in [1.82, 2.24) is 4.90 Å². The lowest BCUT2D eigenvalue weighted by atomic mass is 10.2. The molecule has 0 aliphatic carbocycles. The van der Waals surface area contributed by atoms with Crippen LogP contribution in [-0.2, 0) is 4.79 Å². The van der Waals surface area contributed by atoms with Crippen LogP contribution in [0.25, 0.3) is 0 Å². The Balaban J connectivity index is 2.75. The molecular weight excluding hydrogens is 268 g/mol. The first-order valence-corrected chi connectivity index (χ1v) is 7.35. The SMILES string of the molecule is CCCCCN(C)C(=O)N(CCC(=O)O)c1ccccc1. The minimum atomic E-state index is -0.905. The number of anilines is 1. The fourth-order valence-electron chi connectivity index (χ4n) is 2.05. The lowest BCUT2D eigenvalue weighted by Gasteiger charge is -2.28. The molecule has 0 fully saturated rings. The summed E-state index contributed by atoms with van der Waals surface area (Å²) in [6, 6.07) is 9.03. The first kappa shape index (κ1) is 17.0. The Hall–Kier alpha value is -2.04. The molecule has 1 aromatic rings. The van der Waals surface area contributed by atoms with E-state index >= 15 is 0 Å². The molecule has 0 saturated carbocycles. The molecule has 0 bridgehead atoms. The molecule has 0 aliphatic heterocycles. The Morgan fingerprint density at radius 3 is 2.33 bits per heavy atom. The average molecular weight is 292 g/mol. The topological polar surface area (TPSA) is 60.9 Å². The predicted molar refractivity (Wildman–Crippen MR) is 83.6 cm³/mol. The van der Waals surface area contributed by atoms with Gasteiger partial charge in [0, 0.05) is 25.8 Å². The molecule has 2 amide bonds. The van der Waals surface area contributed by atoms with E-state index in [0.29, 0.717) is 6.54 Å². The van der Waals surface area contributed by atoms with Crippen molar-refractivity contribution in [2.45, 2.75) is 32.6 Å². The number of urea groups is 1. The van der Waals surface area contributed by atoms with Crippen LogP contribution in [0.3, 0.4) is 0 Å². The van der Waals surface area contributed by atoms with E-state index in [1.807, 2.05) is 30.3 Å². The maximum Gasteiger partial charge on any atom is 0.324 e. The molecule has 0 unspecified atom stereocenters. The Morgan fingerprint density at radius 1 is 1.10 bits per heavy atom. The normalized spacial score (nSPS) is 10.2. The van der Waals surface area contributed by atoms with Crippen molar-refractivity contribution in [2.75, 3.05) is 25.0 Å². The standard InChI is InChI=1S/C16H24N2O3/c1-3-4-8-12-17(2)16(21)18(13-11-15(19)20)14-9-6-5-7-10-14/h5-7,9-10H,3-4,8,11-13H2,1-2H3,(H,19,20). The monoisotopic (exact) mass is 292 g/mol. The van der Waals surface area contributed by atoms with Gasteiger partial charge < -0.3 is 10.0 Å². The number of hydrogen-bond acceptors (Lipinski definition) is 2. The van der Waals surface area contributed by atoms with Crippen LogP contribution in [-0.4, -0.2) is 42.1 Å². The lowest BCUT2D eigenvalue weighted by Crippen LogP contribution is -2.42.